The maximum absolute atomic E-state index is 12.3. The predicted octanol–water partition coefficient (Wildman–Crippen LogP) is -0.186. The summed E-state index contributed by atoms with van der Waals surface area (Å²) in [6.07, 6.45) is -0.565. The van der Waals surface area contributed by atoms with Crippen molar-refractivity contribution in [1.82, 2.24) is 15.5 Å². The van der Waals surface area contributed by atoms with Crippen LogP contribution in [0.25, 0.3) is 0 Å². The maximum atomic E-state index is 12.3. The van der Waals surface area contributed by atoms with E-state index in [1.54, 1.807) is 18.1 Å². The van der Waals surface area contributed by atoms with Crippen LogP contribution in [0.15, 0.2) is 24.1 Å². The summed E-state index contributed by atoms with van der Waals surface area (Å²) in [5.74, 6) is -3.55. The van der Waals surface area contributed by atoms with Gasteiger partial charge in [0.25, 0.3) is 0 Å². The molecule has 2 aliphatic heterocycles. The molecule has 1 saturated heterocycles. The van der Waals surface area contributed by atoms with Crippen molar-refractivity contribution in [1.29, 1.82) is 0 Å². The fourth-order valence-corrected chi connectivity index (χ4v) is 2.90. The lowest BCUT2D eigenvalue weighted by Gasteiger charge is -2.43. The van der Waals surface area contributed by atoms with Gasteiger partial charge in [0.15, 0.2) is 0 Å². The molecular formula is C14H19F3N4O3. The third kappa shape index (κ3) is 4.06. The number of hydrogen-bond acceptors (Lipinski definition) is 6. The molecule has 0 aliphatic carbocycles. The SMILES string of the molecule is CNC1CCNC(N2C=CC=C(OC(=O)C(F)(F)F)C2)C1C(N)=O. The Labute approximate surface area is 136 Å². The molecule has 0 aromatic rings. The third-order valence-corrected chi connectivity index (χ3v) is 3.99. The average Bonchev–Trinajstić information content (AvgIpc) is 2.53. The van der Waals surface area contributed by atoms with Crippen LogP contribution in [0.4, 0.5) is 13.2 Å². The average molecular weight is 348 g/mol. The fourth-order valence-electron chi connectivity index (χ4n) is 2.90. The molecule has 7 nitrogen and oxygen atoms in total. The van der Waals surface area contributed by atoms with E-state index in [1.807, 2.05) is 0 Å². The van der Waals surface area contributed by atoms with E-state index in [2.05, 4.69) is 15.4 Å². The summed E-state index contributed by atoms with van der Waals surface area (Å²) in [5.41, 5.74) is 5.48. The van der Waals surface area contributed by atoms with Gasteiger partial charge in [0, 0.05) is 12.2 Å². The van der Waals surface area contributed by atoms with E-state index in [-0.39, 0.29) is 18.3 Å². The molecule has 24 heavy (non-hydrogen) atoms. The van der Waals surface area contributed by atoms with Crippen LogP contribution < -0.4 is 16.4 Å². The van der Waals surface area contributed by atoms with Crippen molar-refractivity contribution in [2.24, 2.45) is 11.7 Å². The number of nitrogens with zero attached hydrogens (tertiary/aromatic N) is 1. The molecule has 0 aromatic heterocycles. The highest BCUT2D eigenvalue weighted by Gasteiger charge is 2.43. The van der Waals surface area contributed by atoms with Crippen molar-refractivity contribution >= 4 is 11.9 Å². The summed E-state index contributed by atoms with van der Waals surface area (Å²) in [4.78, 5) is 24.4. The Bertz CT molecular complexity index is 562. The van der Waals surface area contributed by atoms with Crippen LogP contribution in [0.1, 0.15) is 6.42 Å². The lowest BCUT2D eigenvalue weighted by Crippen LogP contribution is -2.62. The molecule has 3 atom stereocenters. The Hall–Kier alpha value is -2.07. The summed E-state index contributed by atoms with van der Waals surface area (Å²) >= 11 is 0. The van der Waals surface area contributed by atoms with E-state index in [0.29, 0.717) is 13.0 Å². The number of allylic oxidation sites excluding steroid dienone is 2. The van der Waals surface area contributed by atoms with Gasteiger partial charge in [-0.2, -0.15) is 13.2 Å². The van der Waals surface area contributed by atoms with Crippen LogP contribution in [0.5, 0.6) is 0 Å². The largest absolute Gasteiger partial charge is 0.491 e. The van der Waals surface area contributed by atoms with Crippen molar-refractivity contribution in [3.05, 3.63) is 24.1 Å². The van der Waals surface area contributed by atoms with Crippen LogP contribution in [0.2, 0.25) is 0 Å². The molecule has 0 saturated carbocycles. The van der Waals surface area contributed by atoms with Gasteiger partial charge >= 0.3 is 12.1 Å². The van der Waals surface area contributed by atoms with Crippen LogP contribution in [0.3, 0.4) is 0 Å². The number of primary amides is 1. The van der Waals surface area contributed by atoms with Gasteiger partial charge in [-0.25, -0.2) is 4.79 Å². The first-order valence-corrected chi connectivity index (χ1v) is 7.36. The number of ether oxygens (including phenoxy) is 1. The zero-order valence-corrected chi connectivity index (χ0v) is 13.0. The minimum atomic E-state index is -5.07. The number of rotatable bonds is 4. The van der Waals surface area contributed by atoms with Gasteiger partial charge in [0.1, 0.15) is 5.76 Å². The quantitative estimate of drug-likeness (QED) is 0.610. The van der Waals surface area contributed by atoms with Crippen molar-refractivity contribution < 1.29 is 27.5 Å². The number of nitrogens with one attached hydrogen (secondary N) is 2. The van der Waals surface area contributed by atoms with Gasteiger partial charge in [-0.05, 0) is 32.2 Å². The van der Waals surface area contributed by atoms with E-state index in [0.717, 1.165) is 0 Å². The second kappa shape index (κ2) is 7.22. The van der Waals surface area contributed by atoms with Crippen molar-refractivity contribution in [3.63, 3.8) is 0 Å². The second-order valence-corrected chi connectivity index (χ2v) is 5.55. The van der Waals surface area contributed by atoms with Gasteiger partial charge < -0.3 is 20.7 Å². The molecule has 3 unspecified atom stereocenters. The normalized spacial score (nSPS) is 27.6. The lowest BCUT2D eigenvalue weighted by atomic mass is 9.88. The Morgan fingerprint density at radius 2 is 2.17 bits per heavy atom. The summed E-state index contributed by atoms with van der Waals surface area (Å²) in [6.45, 7) is 0.516. The number of piperidine rings is 1. The Morgan fingerprint density at radius 1 is 1.46 bits per heavy atom. The second-order valence-electron chi connectivity index (χ2n) is 5.55. The molecule has 0 radical (unpaired) electrons. The summed E-state index contributed by atoms with van der Waals surface area (Å²) in [5, 5.41) is 6.16. The smallest absolute Gasteiger partial charge is 0.422 e. The molecule has 2 aliphatic rings. The van der Waals surface area contributed by atoms with Crippen LogP contribution >= 0.6 is 0 Å². The summed E-state index contributed by atoms with van der Waals surface area (Å²) in [6, 6.07) is -0.158. The maximum Gasteiger partial charge on any atom is 0.491 e. The summed E-state index contributed by atoms with van der Waals surface area (Å²) < 4.78 is 41.3. The van der Waals surface area contributed by atoms with E-state index in [1.165, 1.54) is 12.2 Å². The van der Waals surface area contributed by atoms with Crippen molar-refractivity contribution in [3.8, 4) is 0 Å². The highest BCUT2D eigenvalue weighted by Crippen LogP contribution is 2.24. The molecular weight excluding hydrogens is 329 g/mol. The minimum Gasteiger partial charge on any atom is -0.422 e. The first-order chi connectivity index (χ1) is 11.2. The van der Waals surface area contributed by atoms with Crippen LogP contribution in [-0.4, -0.2) is 55.3 Å². The number of halogens is 3. The van der Waals surface area contributed by atoms with E-state index in [4.69, 9.17) is 5.73 Å². The van der Waals surface area contributed by atoms with Crippen LogP contribution in [-0.2, 0) is 14.3 Å². The Morgan fingerprint density at radius 3 is 2.75 bits per heavy atom. The monoisotopic (exact) mass is 348 g/mol. The molecule has 2 rings (SSSR count). The number of alkyl halides is 3. The highest BCUT2D eigenvalue weighted by molar-refractivity contribution is 5.78. The van der Waals surface area contributed by atoms with Crippen LogP contribution in [0, 0.1) is 5.92 Å². The molecule has 1 amide bonds. The first kappa shape index (κ1) is 18.3. The molecule has 4 N–H and O–H groups in total. The zero-order chi connectivity index (χ0) is 17.9. The lowest BCUT2D eigenvalue weighted by molar-refractivity contribution is -0.195. The van der Waals surface area contributed by atoms with Gasteiger partial charge in [0.2, 0.25) is 5.91 Å². The number of nitrogens with two attached hydrogens (primary N) is 1. The zero-order valence-electron chi connectivity index (χ0n) is 13.0. The molecule has 0 bridgehead atoms. The standard InChI is InChI=1S/C14H19F3N4O3/c1-19-9-4-5-20-12(10(9)11(18)22)21-6-2-3-8(7-21)24-13(23)14(15,16)17/h2-3,6,9-10,12,19-20H,4-5,7H2,1H3,(H2,18,22). The molecule has 0 aromatic carbocycles. The number of esters is 1. The minimum absolute atomic E-state index is 0.0871. The summed E-state index contributed by atoms with van der Waals surface area (Å²) in [7, 11) is 1.71. The number of carbonyl (C=O) groups is 2. The molecule has 0 spiro atoms. The van der Waals surface area contributed by atoms with E-state index >= 15 is 0 Å². The molecule has 134 valence electrons. The predicted molar refractivity (Wildman–Crippen MR) is 78.0 cm³/mol. The number of hydrogen-bond donors (Lipinski definition) is 3. The molecule has 1 fully saturated rings. The van der Waals surface area contributed by atoms with Gasteiger partial charge in [-0.1, -0.05) is 0 Å². The number of amides is 1. The fraction of sp³-hybridized carbons (Fsp3) is 0.571. The van der Waals surface area contributed by atoms with Gasteiger partial charge in [-0.15, -0.1) is 0 Å². The molecule has 10 heteroatoms. The Balaban J connectivity index is 2.10. The first-order valence-electron chi connectivity index (χ1n) is 7.36. The van der Waals surface area contributed by atoms with Gasteiger partial charge in [-0.3, -0.25) is 10.1 Å². The van der Waals surface area contributed by atoms with E-state index in [9.17, 15) is 22.8 Å². The van der Waals surface area contributed by atoms with E-state index < -0.39 is 30.1 Å². The Kier molecular flexibility index (Phi) is 5.50. The van der Waals surface area contributed by atoms with Gasteiger partial charge in [0.05, 0.1) is 18.6 Å². The number of carbonyl (C=O) groups excluding carboxylic acids is 2. The topological polar surface area (TPSA) is 96.7 Å². The van der Waals surface area contributed by atoms with Crippen molar-refractivity contribution in [2.75, 3.05) is 20.1 Å². The molecule has 2 heterocycles. The van der Waals surface area contributed by atoms with Crippen molar-refractivity contribution in [2.45, 2.75) is 24.8 Å². The highest BCUT2D eigenvalue weighted by atomic mass is 19.4. The third-order valence-electron chi connectivity index (χ3n) is 3.99.